The standard InChI is InChI=1S/C22H24ClF2O2P/c1-13(18-8-7-17(12-21(18)25)28(5,6)26)11-14(2)27-16(4)22-15(3)20(24)10-9-19(22)23/h7-12,16H,1H2,2-6H3. The fraction of sp³-hybridized carbons (Fsp3) is 0.273. The van der Waals surface area contributed by atoms with Crippen molar-refractivity contribution in [1.29, 1.82) is 0 Å². The number of hydrogen-bond donors (Lipinski definition) is 0. The Kier molecular flexibility index (Phi) is 6.90. The predicted octanol–water partition coefficient (Wildman–Crippen LogP) is 6.87. The summed E-state index contributed by atoms with van der Waals surface area (Å²) in [5.74, 6) is -0.364. The molecule has 0 saturated heterocycles. The van der Waals surface area contributed by atoms with Crippen molar-refractivity contribution in [2.45, 2.75) is 26.9 Å². The smallest absolute Gasteiger partial charge is 0.131 e. The molecule has 0 heterocycles. The minimum absolute atomic E-state index is 0.299. The average Bonchev–Trinajstić information content (AvgIpc) is 2.57. The highest BCUT2D eigenvalue weighted by Crippen LogP contribution is 2.36. The van der Waals surface area contributed by atoms with Crippen molar-refractivity contribution in [3.63, 3.8) is 0 Å². The molecule has 0 saturated carbocycles. The van der Waals surface area contributed by atoms with Crippen LogP contribution in [0, 0.1) is 18.6 Å². The lowest BCUT2D eigenvalue weighted by Gasteiger charge is -2.19. The van der Waals surface area contributed by atoms with Crippen molar-refractivity contribution in [3.05, 3.63) is 82.1 Å². The van der Waals surface area contributed by atoms with Gasteiger partial charge in [0.1, 0.15) is 24.9 Å². The molecule has 2 rings (SSSR count). The molecule has 0 spiro atoms. The van der Waals surface area contributed by atoms with Gasteiger partial charge in [-0.05, 0) is 69.5 Å². The quantitative estimate of drug-likeness (QED) is 0.287. The number of hydrogen-bond acceptors (Lipinski definition) is 2. The van der Waals surface area contributed by atoms with E-state index in [0.717, 1.165) is 0 Å². The third kappa shape index (κ3) is 5.12. The monoisotopic (exact) mass is 424 g/mol. The van der Waals surface area contributed by atoms with Gasteiger partial charge in [-0.15, -0.1) is 0 Å². The first kappa shape index (κ1) is 22.4. The van der Waals surface area contributed by atoms with Crippen LogP contribution in [0.25, 0.3) is 5.57 Å². The highest BCUT2D eigenvalue weighted by Gasteiger charge is 2.18. The van der Waals surface area contributed by atoms with Gasteiger partial charge in [-0.3, -0.25) is 0 Å². The number of ether oxygens (including phenoxy) is 1. The largest absolute Gasteiger partial charge is 0.491 e. The minimum atomic E-state index is -2.54. The Hall–Kier alpha value is -1.90. The zero-order valence-electron chi connectivity index (χ0n) is 16.6. The van der Waals surface area contributed by atoms with Crippen molar-refractivity contribution >= 4 is 29.6 Å². The lowest BCUT2D eigenvalue weighted by molar-refractivity contribution is 0.134. The van der Waals surface area contributed by atoms with Crippen molar-refractivity contribution in [1.82, 2.24) is 0 Å². The van der Waals surface area contributed by atoms with Crippen LogP contribution < -0.4 is 5.30 Å². The van der Waals surface area contributed by atoms with Crippen LogP contribution in [0.2, 0.25) is 5.02 Å². The van der Waals surface area contributed by atoms with Crippen LogP contribution >= 0.6 is 18.7 Å². The molecule has 150 valence electrons. The molecular formula is C22H24ClF2O2P. The molecule has 1 atom stereocenters. The Morgan fingerprint density at radius 2 is 1.86 bits per heavy atom. The van der Waals surface area contributed by atoms with E-state index in [1.807, 2.05) is 0 Å². The maximum atomic E-state index is 14.4. The molecule has 0 aliphatic heterocycles. The van der Waals surface area contributed by atoms with Crippen LogP contribution in [0.1, 0.15) is 36.6 Å². The van der Waals surface area contributed by atoms with Gasteiger partial charge >= 0.3 is 0 Å². The Morgan fingerprint density at radius 3 is 2.43 bits per heavy atom. The van der Waals surface area contributed by atoms with E-state index in [1.165, 1.54) is 18.2 Å². The first-order valence-electron chi connectivity index (χ1n) is 8.75. The van der Waals surface area contributed by atoms with Crippen molar-refractivity contribution in [2.24, 2.45) is 0 Å². The highest BCUT2D eigenvalue weighted by molar-refractivity contribution is 7.70. The molecule has 2 aromatic rings. The number of halogens is 3. The van der Waals surface area contributed by atoms with Crippen molar-refractivity contribution in [2.75, 3.05) is 13.3 Å². The second-order valence-electron chi connectivity index (χ2n) is 7.12. The summed E-state index contributed by atoms with van der Waals surface area (Å²) < 4.78 is 46.2. The molecule has 0 N–H and O–H groups in total. The van der Waals surface area contributed by atoms with E-state index in [4.69, 9.17) is 16.3 Å². The summed E-state index contributed by atoms with van der Waals surface area (Å²) in [6.07, 6.45) is 1.11. The molecule has 0 fully saturated rings. The maximum Gasteiger partial charge on any atom is 0.131 e. The van der Waals surface area contributed by atoms with Crippen LogP contribution in [0.3, 0.4) is 0 Å². The van der Waals surface area contributed by atoms with E-state index in [2.05, 4.69) is 6.58 Å². The summed E-state index contributed by atoms with van der Waals surface area (Å²) in [5, 5.41) is 0.895. The topological polar surface area (TPSA) is 26.3 Å². The van der Waals surface area contributed by atoms with Gasteiger partial charge in [0, 0.05) is 21.5 Å². The molecule has 6 heteroatoms. The fourth-order valence-electron chi connectivity index (χ4n) is 2.96. The van der Waals surface area contributed by atoms with Crippen LogP contribution in [-0.2, 0) is 9.30 Å². The van der Waals surface area contributed by atoms with E-state index in [0.29, 0.717) is 38.3 Å². The molecule has 0 radical (unpaired) electrons. The summed E-state index contributed by atoms with van der Waals surface area (Å²) in [4.78, 5) is 0. The Balaban J connectivity index is 2.23. The van der Waals surface area contributed by atoms with Crippen LogP contribution in [0.15, 0.2) is 48.7 Å². The second kappa shape index (κ2) is 8.63. The van der Waals surface area contributed by atoms with E-state index in [-0.39, 0.29) is 5.82 Å². The Morgan fingerprint density at radius 1 is 1.21 bits per heavy atom. The summed E-state index contributed by atoms with van der Waals surface area (Å²) in [6.45, 7) is 12.2. The second-order valence-corrected chi connectivity index (χ2v) is 10.7. The molecule has 1 unspecified atom stereocenters. The van der Waals surface area contributed by atoms with Crippen LogP contribution in [0.5, 0.6) is 0 Å². The zero-order valence-corrected chi connectivity index (χ0v) is 18.3. The molecule has 0 aromatic heterocycles. The van der Waals surface area contributed by atoms with E-state index in [9.17, 15) is 13.3 Å². The summed E-state index contributed by atoms with van der Waals surface area (Å²) in [6, 6.07) is 7.30. The summed E-state index contributed by atoms with van der Waals surface area (Å²) >= 11 is 6.20. The lowest BCUT2D eigenvalue weighted by Crippen LogP contribution is -2.05. The summed E-state index contributed by atoms with van der Waals surface area (Å²) in [5.41, 5.74) is 1.71. The Labute approximate surface area is 170 Å². The lowest BCUT2D eigenvalue weighted by atomic mass is 10.0. The van der Waals surface area contributed by atoms with Gasteiger partial charge in [-0.1, -0.05) is 30.3 Å². The zero-order chi connectivity index (χ0) is 21.2. The Bertz CT molecular complexity index is 992. The maximum absolute atomic E-state index is 14.4. The molecule has 2 aromatic carbocycles. The van der Waals surface area contributed by atoms with E-state index >= 15 is 0 Å². The van der Waals surface area contributed by atoms with Crippen molar-refractivity contribution in [3.8, 4) is 0 Å². The number of allylic oxidation sites excluding steroid dienone is 3. The van der Waals surface area contributed by atoms with Crippen molar-refractivity contribution < 1.29 is 18.1 Å². The normalized spacial score (nSPS) is 13.4. The highest BCUT2D eigenvalue weighted by atomic mass is 35.5. The predicted molar refractivity (Wildman–Crippen MR) is 114 cm³/mol. The summed E-state index contributed by atoms with van der Waals surface area (Å²) in [7, 11) is -2.54. The van der Waals surface area contributed by atoms with Gasteiger partial charge in [0.2, 0.25) is 0 Å². The molecule has 0 aliphatic rings. The van der Waals surface area contributed by atoms with Gasteiger partial charge in [-0.2, -0.15) is 0 Å². The van der Waals surface area contributed by atoms with Gasteiger partial charge in [-0.25, -0.2) is 8.78 Å². The first-order valence-corrected chi connectivity index (χ1v) is 11.7. The molecule has 28 heavy (non-hydrogen) atoms. The number of benzene rings is 2. The molecule has 0 bridgehead atoms. The first-order chi connectivity index (χ1) is 12.9. The fourth-order valence-corrected chi connectivity index (χ4v) is 4.18. The van der Waals surface area contributed by atoms with Gasteiger partial charge in [0.15, 0.2) is 0 Å². The van der Waals surface area contributed by atoms with Gasteiger partial charge in [0.05, 0.1) is 5.76 Å². The third-order valence-corrected chi connectivity index (χ3v) is 6.31. The number of rotatable bonds is 6. The minimum Gasteiger partial charge on any atom is -0.491 e. The molecule has 0 aliphatic carbocycles. The van der Waals surface area contributed by atoms with Crippen LogP contribution in [0.4, 0.5) is 8.78 Å². The van der Waals surface area contributed by atoms with Gasteiger partial charge in [0.25, 0.3) is 0 Å². The van der Waals surface area contributed by atoms with E-state index in [1.54, 1.807) is 52.3 Å². The van der Waals surface area contributed by atoms with E-state index < -0.39 is 19.1 Å². The van der Waals surface area contributed by atoms with Gasteiger partial charge < -0.3 is 9.30 Å². The molecule has 0 amide bonds. The third-order valence-electron chi connectivity index (χ3n) is 4.46. The SMILES string of the molecule is C=C(C=C(C)OC(C)c1c(Cl)ccc(F)c1C)c1ccc(P(C)(C)=O)cc1F. The molecule has 2 nitrogen and oxygen atoms in total. The average molecular weight is 425 g/mol. The van der Waals surface area contributed by atoms with Crippen LogP contribution in [-0.4, -0.2) is 13.3 Å². The molecular weight excluding hydrogens is 401 g/mol.